The van der Waals surface area contributed by atoms with Crippen LogP contribution in [0.25, 0.3) is 0 Å². The molecule has 6 nitrogen and oxygen atoms in total. The number of nitrogens with zero attached hydrogens (tertiary/aromatic N) is 2. The first-order chi connectivity index (χ1) is 8.40. The Balaban J connectivity index is 2.51. The van der Waals surface area contributed by atoms with Gasteiger partial charge in [-0.25, -0.2) is 9.78 Å². The van der Waals surface area contributed by atoms with Crippen LogP contribution in [0.15, 0.2) is 5.38 Å². The van der Waals surface area contributed by atoms with Gasteiger partial charge in [-0.2, -0.15) is 0 Å². The summed E-state index contributed by atoms with van der Waals surface area (Å²) in [7, 11) is 3.93. The molecule has 2 N–H and O–H groups in total. The van der Waals surface area contributed by atoms with Gasteiger partial charge in [0.05, 0.1) is 0 Å². The SMILES string of the molecule is CC(CCN(C)C)NC(=O)c1nc(C(=O)O)cs1. The van der Waals surface area contributed by atoms with E-state index in [1.54, 1.807) is 0 Å². The lowest BCUT2D eigenvalue weighted by Crippen LogP contribution is -2.34. The van der Waals surface area contributed by atoms with Gasteiger partial charge < -0.3 is 15.3 Å². The summed E-state index contributed by atoms with van der Waals surface area (Å²) in [6.45, 7) is 2.78. The first kappa shape index (κ1) is 14.6. The summed E-state index contributed by atoms with van der Waals surface area (Å²) >= 11 is 1.04. The Kier molecular flexibility index (Phi) is 5.24. The molecule has 1 aromatic rings. The molecule has 0 saturated carbocycles. The van der Waals surface area contributed by atoms with Gasteiger partial charge >= 0.3 is 5.97 Å². The zero-order chi connectivity index (χ0) is 13.7. The summed E-state index contributed by atoms with van der Waals surface area (Å²) in [5.41, 5.74) is -0.0916. The van der Waals surface area contributed by atoms with E-state index < -0.39 is 5.97 Å². The van der Waals surface area contributed by atoms with Gasteiger partial charge in [-0.15, -0.1) is 11.3 Å². The molecule has 0 fully saturated rings. The molecule has 1 aromatic heterocycles. The minimum absolute atomic E-state index is 0.0251. The zero-order valence-corrected chi connectivity index (χ0v) is 11.5. The van der Waals surface area contributed by atoms with Crippen molar-refractivity contribution in [2.24, 2.45) is 0 Å². The van der Waals surface area contributed by atoms with Crippen LogP contribution in [-0.4, -0.2) is 53.5 Å². The van der Waals surface area contributed by atoms with E-state index >= 15 is 0 Å². The van der Waals surface area contributed by atoms with Crippen molar-refractivity contribution in [2.75, 3.05) is 20.6 Å². The molecule has 1 rings (SSSR count). The standard InChI is InChI=1S/C11H17N3O3S/c1-7(4-5-14(2)3)12-9(15)10-13-8(6-18-10)11(16)17/h6-7H,4-5H2,1-3H3,(H,12,15)(H,16,17). The Hall–Kier alpha value is -1.47. The van der Waals surface area contributed by atoms with Gasteiger partial charge in [0.15, 0.2) is 10.7 Å². The molecule has 0 aliphatic heterocycles. The predicted molar refractivity (Wildman–Crippen MR) is 69.2 cm³/mol. The molecule has 0 aromatic carbocycles. The Morgan fingerprint density at radius 3 is 2.72 bits per heavy atom. The van der Waals surface area contributed by atoms with E-state index in [-0.39, 0.29) is 22.7 Å². The lowest BCUT2D eigenvalue weighted by atomic mass is 10.2. The smallest absolute Gasteiger partial charge is 0.355 e. The van der Waals surface area contributed by atoms with Crippen molar-refractivity contribution in [3.8, 4) is 0 Å². The highest BCUT2D eigenvalue weighted by Gasteiger charge is 2.16. The lowest BCUT2D eigenvalue weighted by Gasteiger charge is -2.15. The second-order valence-electron chi connectivity index (χ2n) is 4.31. The normalized spacial score (nSPS) is 12.4. The van der Waals surface area contributed by atoms with Crippen molar-refractivity contribution in [3.63, 3.8) is 0 Å². The minimum Gasteiger partial charge on any atom is -0.476 e. The summed E-state index contributed by atoms with van der Waals surface area (Å²) < 4.78 is 0. The molecule has 18 heavy (non-hydrogen) atoms. The number of thiazole rings is 1. The van der Waals surface area contributed by atoms with Gasteiger partial charge in [0.25, 0.3) is 5.91 Å². The van der Waals surface area contributed by atoms with Gasteiger partial charge in [-0.1, -0.05) is 0 Å². The summed E-state index contributed by atoms with van der Waals surface area (Å²) in [6.07, 6.45) is 0.829. The third kappa shape index (κ3) is 4.42. The molecular weight excluding hydrogens is 254 g/mol. The van der Waals surface area contributed by atoms with E-state index in [4.69, 9.17) is 5.11 Å². The molecule has 1 unspecified atom stereocenters. The number of rotatable bonds is 6. The number of hydrogen-bond donors (Lipinski definition) is 2. The number of hydrogen-bond acceptors (Lipinski definition) is 5. The molecule has 100 valence electrons. The van der Waals surface area contributed by atoms with Gasteiger partial charge in [0.1, 0.15) is 0 Å². The summed E-state index contributed by atoms with van der Waals surface area (Å²) in [4.78, 5) is 28.2. The Labute approximate surface area is 110 Å². The van der Waals surface area contributed by atoms with Crippen LogP contribution >= 0.6 is 11.3 Å². The van der Waals surface area contributed by atoms with Crippen LogP contribution in [0.4, 0.5) is 0 Å². The first-order valence-electron chi connectivity index (χ1n) is 5.54. The van der Waals surface area contributed by atoms with E-state index in [1.807, 2.05) is 25.9 Å². The molecular formula is C11H17N3O3S. The fourth-order valence-electron chi connectivity index (χ4n) is 1.29. The van der Waals surface area contributed by atoms with Crippen molar-refractivity contribution in [3.05, 3.63) is 16.1 Å². The van der Waals surface area contributed by atoms with E-state index in [1.165, 1.54) is 5.38 Å². The number of carbonyl (C=O) groups is 2. The molecule has 1 amide bonds. The third-order valence-corrected chi connectivity index (χ3v) is 3.15. The van der Waals surface area contributed by atoms with E-state index in [0.717, 1.165) is 24.3 Å². The highest BCUT2D eigenvalue weighted by Crippen LogP contribution is 2.10. The quantitative estimate of drug-likeness (QED) is 0.803. The predicted octanol–water partition coefficient (Wildman–Crippen LogP) is 0.911. The second kappa shape index (κ2) is 6.46. The lowest BCUT2D eigenvalue weighted by molar-refractivity contribution is 0.0691. The van der Waals surface area contributed by atoms with Gasteiger partial charge in [0.2, 0.25) is 0 Å². The maximum Gasteiger partial charge on any atom is 0.355 e. The molecule has 0 spiro atoms. The molecule has 0 saturated heterocycles. The summed E-state index contributed by atoms with van der Waals surface area (Å²) in [5, 5.41) is 13.1. The van der Waals surface area contributed by atoms with Crippen molar-refractivity contribution < 1.29 is 14.7 Å². The van der Waals surface area contributed by atoms with E-state index in [9.17, 15) is 9.59 Å². The molecule has 0 aliphatic rings. The first-order valence-corrected chi connectivity index (χ1v) is 6.42. The second-order valence-corrected chi connectivity index (χ2v) is 5.17. The number of aromatic nitrogens is 1. The number of amides is 1. The molecule has 1 heterocycles. The van der Waals surface area contributed by atoms with Crippen molar-refractivity contribution in [1.29, 1.82) is 0 Å². The Bertz CT molecular complexity index is 431. The van der Waals surface area contributed by atoms with Gasteiger partial charge in [-0.3, -0.25) is 4.79 Å². The number of carboxylic acids is 1. The van der Waals surface area contributed by atoms with Crippen molar-refractivity contribution >= 4 is 23.2 Å². The van der Waals surface area contributed by atoms with Crippen LogP contribution in [0, 0.1) is 0 Å². The Morgan fingerprint density at radius 2 is 2.22 bits per heavy atom. The van der Waals surface area contributed by atoms with Gasteiger partial charge in [-0.05, 0) is 34.0 Å². The number of nitrogens with one attached hydrogen (secondary N) is 1. The van der Waals surface area contributed by atoms with Crippen LogP contribution in [0.2, 0.25) is 0 Å². The number of carboxylic acid groups (broad SMARTS) is 1. The molecule has 0 bridgehead atoms. The molecule has 0 radical (unpaired) electrons. The average Bonchev–Trinajstić information content (AvgIpc) is 2.75. The molecule has 0 aliphatic carbocycles. The maximum absolute atomic E-state index is 11.8. The monoisotopic (exact) mass is 271 g/mol. The average molecular weight is 271 g/mol. The highest BCUT2D eigenvalue weighted by molar-refractivity contribution is 7.11. The van der Waals surface area contributed by atoms with Crippen LogP contribution in [0.3, 0.4) is 0 Å². The summed E-state index contributed by atoms with van der Waals surface area (Å²) in [6, 6.07) is 0.0251. The topological polar surface area (TPSA) is 82.5 Å². The zero-order valence-electron chi connectivity index (χ0n) is 10.6. The minimum atomic E-state index is -1.12. The molecule has 1 atom stereocenters. The van der Waals surface area contributed by atoms with Crippen LogP contribution in [0.5, 0.6) is 0 Å². The highest BCUT2D eigenvalue weighted by atomic mass is 32.1. The number of aromatic carboxylic acids is 1. The van der Waals surface area contributed by atoms with Crippen LogP contribution in [-0.2, 0) is 0 Å². The van der Waals surface area contributed by atoms with E-state index in [0.29, 0.717) is 0 Å². The third-order valence-electron chi connectivity index (χ3n) is 2.30. The van der Waals surface area contributed by atoms with Crippen molar-refractivity contribution in [2.45, 2.75) is 19.4 Å². The maximum atomic E-state index is 11.8. The fourth-order valence-corrected chi connectivity index (χ4v) is 1.98. The number of carbonyl (C=O) groups excluding carboxylic acids is 1. The summed E-state index contributed by atoms with van der Waals surface area (Å²) in [5.74, 6) is -1.44. The van der Waals surface area contributed by atoms with Crippen molar-refractivity contribution in [1.82, 2.24) is 15.2 Å². The van der Waals surface area contributed by atoms with Crippen LogP contribution in [0.1, 0.15) is 33.6 Å². The fraction of sp³-hybridized carbons (Fsp3) is 0.545. The van der Waals surface area contributed by atoms with Gasteiger partial charge in [0, 0.05) is 11.4 Å². The molecule has 7 heteroatoms. The van der Waals surface area contributed by atoms with Crippen LogP contribution < -0.4 is 5.32 Å². The van der Waals surface area contributed by atoms with E-state index in [2.05, 4.69) is 10.3 Å². The largest absolute Gasteiger partial charge is 0.476 e. The Morgan fingerprint density at radius 1 is 1.56 bits per heavy atom.